The van der Waals surface area contributed by atoms with Gasteiger partial charge >= 0.3 is 0 Å². The third-order valence-electron chi connectivity index (χ3n) is 5.50. The molecular weight excluding hydrogens is 366 g/mol. The topological polar surface area (TPSA) is 65.2 Å². The zero-order valence-corrected chi connectivity index (χ0v) is 16.8. The maximum Gasteiger partial charge on any atom is 0.257 e. The molecule has 0 aliphatic carbocycles. The van der Waals surface area contributed by atoms with Crippen molar-refractivity contribution in [2.45, 2.75) is 31.8 Å². The fraction of sp³-hybridized carbons (Fsp3) is 0.409. The Morgan fingerprint density at radius 2 is 2.00 bits per heavy atom. The number of carbonyl (C=O) groups is 1. The number of methoxy groups -OCH3 is 1. The number of imidazole rings is 1. The highest BCUT2D eigenvalue weighted by molar-refractivity contribution is 5.93. The smallest absolute Gasteiger partial charge is 0.257 e. The second-order valence-electron chi connectivity index (χ2n) is 7.45. The Bertz CT molecular complexity index is 926. The zero-order valence-electron chi connectivity index (χ0n) is 16.8. The van der Waals surface area contributed by atoms with Crippen LogP contribution in [0, 0.1) is 0 Å². The predicted molar refractivity (Wildman–Crippen MR) is 110 cm³/mol. The van der Waals surface area contributed by atoms with Gasteiger partial charge < -0.3 is 14.2 Å². The van der Waals surface area contributed by atoms with Crippen LogP contribution < -0.4 is 0 Å². The van der Waals surface area contributed by atoms with Gasteiger partial charge in [-0.2, -0.15) is 5.10 Å². The molecule has 3 aromatic rings. The highest BCUT2D eigenvalue weighted by Crippen LogP contribution is 2.27. The van der Waals surface area contributed by atoms with Gasteiger partial charge in [0.25, 0.3) is 5.91 Å². The van der Waals surface area contributed by atoms with Crippen molar-refractivity contribution in [1.82, 2.24) is 24.2 Å². The van der Waals surface area contributed by atoms with Crippen LogP contribution >= 0.6 is 0 Å². The average Bonchev–Trinajstić information content (AvgIpc) is 3.42. The largest absolute Gasteiger partial charge is 0.383 e. The van der Waals surface area contributed by atoms with E-state index in [2.05, 4.69) is 26.8 Å². The van der Waals surface area contributed by atoms with Crippen molar-refractivity contribution in [2.75, 3.05) is 26.8 Å². The van der Waals surface area contributed by atoms with Gasteiger partial charge in [0.2, 0.25) is 0 Å². The molecule has 0 atom stereocenters. The van der Waals surface area contributed by atoms with Gasteiger partial charge in [-0.25, -0.2) is 4.98 Å². The third kappa shape index (κ3) is 4.56. The van der Waals surface area contributed by atoms with Gasteiger partial charge in [0, 0.05) is 51.3 Å². The summed E-state index contributed by atoms with van der Waals surface area (Å²) in [5.41, 5.74) is 1.82. The molecule has 0 bridgehead atoms. The number of rotatable bonds is 7. The van der Waals surface area contributed by atoms with E-state index in [-0.39, 0.29) is 5.91 Å². The van der Waals surface area contributed by atoms with Crippen molar-refractivity contribution in [3.63, 3.8) is 0 Å². The normalized spacial score (nSPS) is 15.0. The number of carbonyl (C=O) groups excluding carboxylic acids is 1. The molecule has 0 unspecified atom stereocenters. The number of amides is 1. The standard InChI is InChI=1S/C22H27N5O2/c1-29-14-13-25-12-9-23-21(25)19-7-10-26(11-8-19)22(28)20-15-24-27(17-20)16-18-5-3-2-4-6-18/h2-6,9,12,15,17,19H,7-8,10-11,13-14,16H2,1H3. The maximum absolute atomic E-state index is 12.9. The zero-order chi connectivity index (χ0) is 20.1. The number of piperidine rings is 1. The molecule has 152 valence electrons. The van der Waals surface area contributed by atoms with Crippen molar-refractivity contribution in [1.29, 1.82) is 0 Å². The lowest BCUT2D eigenvalue weighted by Gasteiger charge is -2.31. The summed E-state index contributed by atoms with van der Waals surface area (Å²) in [6.07, 6.45) is 9.23. The van der Waals surface area contributed by atoms with Crippen LogP contribution in [0.2, 0.25) is 0 Å². The van der Waals surface area contributed by atoms with E-state index >= 15 is 0 Å². The summed E-state index contributed by atoms with van der Waals surface area (Å²) in [7, 11) is 1.71. The molecule has 0 spiro atoms. The molecule has 1 aromatic carbocycles. The minimum atomic E-state index is 0.0606. The lowest BCUT2D eigenvalue weighted by molar-refractivity contribution is 0.0710. The van der Waals surface area contributed by atoms with Crippen molar-refractivity contribution in [3.8, 4) is 0 Å². The van der Waals surface area contributed by atoms with Crippen LogP contribution in [0.3, 0.4) is 0 Å². The van der Waals surface area contributed by atoms with Gasteiger partial charge in [-0.1, -0.05) is 30.3 Å². The molecule has 0 N–H and O–H groups in total. The number of ether oxygens (including phenoxy) is 1. The quantitative estimate of drug-likeness (QED) is 0.619. The fourth-order valence-corrected chi connectivity index (χ4v) is 3.91. The van der Waals surface area contributed by atoms with E-state index in [1.165, 1.54) is 5.56 Å². The molecule has 1 amide bonds. The highest BCUT2D eigenvalue weighted by Gasteiger charge is 2.27. The first kappa shape index (κ1) is 19.4. The van der Waals surface area contributed by atoms with Crippen molar-refractivity contribution < 1.29 is 9.53 Å². The lowest BCUT2D eigenvalue weighted by Crippen LogP contribution is -2.38. The summed E-state index contributed by atoms with van der Waals surface area (Å²) in [5, 5.41) is 4.37. The monoisotopic (exact) mass is 393 g/mol. The van der Waals surface area contributed by atoms with Crippen LogP contribution in [0.4, 0.5) is 0 Å². The van der Waals surface area contributed by atoms with Crippen molar-refractivity contribution >= 4 is 5.91 Å². The second kappa shape index (κ2) is 9.05. The molecule has 7 nitrogen and oxygen atoms in total. The van der Waals surface area contributed by atoms with Crippen LogP contribution in [-0.4, -0.2) is 56.9 Å². The van der Waals surface area contributed by atoms with Crippen LogP contribution in [0.15, 0.2) is 55.1 Å². The number of hydrogen-bond acceptors (Lipinski definition) is 4. The molecule has 0 saturated carbocycles. The van der Waals surface area contributed by atoms with Crippen LogP contribution in [0.5, 0.6) is 0 Å². The maximum atomic E-state index is 12.9. The second-order valence-corrected chi connectivity index (χ2v) is 7.45. The molecule has 1 fully saturated rings. The van der Waals surface area contributed by atoms with Gasteiger partial charge in [-0.05, 0) is 18.4 Å². The van der Waals surface area contributed by atoms with E-state index in [1.807, 2.05) is 46.4 Å². The molecular formula is C22H27N5O2. The summed E-state index contributed by atoms with van der Waals surface area (Å²) in [5.74, 6) is 1.54. The Morgan fingerprint density at radius 1 is 1.21 bits per heavy atom. The third-order valence-corrected chi connectivity index (χ3v) is 5.50. The Labute approximate surface area is 170 Å². The first-order chi connectivity index (χ1) is 14.2. The summed E-state index contributed by atoms with van der Waals surface area (Å²) < 4.78 is 9.17. The molecule has 7 heteroatoms. The van der Waals surface area contributed by atoms with Gasteiger partial charge in [0.05, 0.1) is 24.9 Å². The van der Waals surface area contributed by atoms with Gasteiger partial charge in [0.15, 0.2) is 0 Å². The molecule has 1 aliphatic heterocycles. The molecule has 0 radical (unpaired) electrons. The number of hydrogen-bond donors (Lipinski definition) is 0. The molecule has 2 aromatic heterocycles. The predicted octanol–water partition coefficient (Wildman–Crippen LogP) is 2.79. The van der Waals surface area contributed by atoms with Crippen molar-refractivity contribution in [2.24, 2.45) is 0 Å². The number of benzene rings is 1. The Morgan fingerprint density at radius 3 is 2.76 bits per heavy atom. The minimum Gasteiger partial charge on any atom is -0.383 e. The molecule has 3 heterocycles. The molecule has 4 rings (SSSR count). The van der Waals surface area contributed by atoms with E-state index in [1.54, 1.807) is 13.3 Å². The van der Waals surface area contributed by atoms with E-state index in [9.17, 15) is 4.79 Å². The molecule has 1 saturated heterocycles. The summed E-state index contributed by atoms with van der Waals surface area (Å²) >= 11 is 0. The Hall–Kier alpha value is -2.93. The number of aromatic nitrogens is 4. The van der Waals surface area contributed by atoms with Crippen LogP contribution in [0.25, 0.3) is 0 Å². The summed E-state index contributed by atoms with van der Waals surface area (Å²) in [6, 6.07) is 10.1. The van der Waals surface area contributed by atoms with Crippen LogP contribution in [-0.2, 0) is 17.8 Å². The number of likely N-dealkylation sites (tertiary alicyclic amines) is 1. The lowest BCUT2D eigenvalue weighted by atomic mass is 9.95. The van der Waals surface area contributed by atoms with E-state index < -0.39 is 0 Å². The first-order valence-electron chi connectivity index (χ1n) is 10.1. The van der Waals surface area contributed by atoms with Gasteiger partial charge in [-0.15, -0.1) is 0 Å². The van der Waals surface area contributed by atoms with Crippen LogP contribution in [0.1, 0.15) is 40.5 Å². The van der Waals surface area contributed by atoms with E-state index in [0.29, 0.717) is 24.6 Å². The van der Waals surface area contributed by atoms with Gasteiger partial charge in [-0.3, -0.25) is 9.48 Å². The average molecular weight is 393 g/mol. The van der Waals surface area contributed by atoms with E-state index in [4.69, 9.17) is 4.74 Å². The Balaban J connectivity index is 1.34. The van der Waals surface area contributed by atoms with Gasteiger partial charge in [0.1, 0.15) is 5.82 Å². The van der Waals surface area contributed by atoms with Crippen molar-refractivity contribution in [3.05, 3.63) is 72.1 Å². The number of nitrogens with zero attached hydrogens (tertiary/aromatic N) is 5. The Kier molecular flexibility index (Phi) is 6.05. The SMILES string of the molecule is COCCn1ccnc1C1CCN(C(=O)c2cnn(Cc3ccccc3)c2)CC1. The minimum absolute atomic E-state index is 0.0606. The fourth-order valence-electron chi connectivity index (χ4n) is 3.91. The summed E-state index contributed by atoms with van der Waals surface area (Å²) in [4.78, 5) is 19.4. The van der Waals surface area contributed by atoms with E-state index in [0.717, 1.165) is 38.3 Å². The molecule has 1 aliphatic rings. The molecule has 29 heavy (non-hydrogen) atoms. The highest BCUT2D eigenvalue weighted by atomic mass is 16.5. The summed E-state index contributed by atoms with van der Waals surface area (Å²) in [6.45, 7) is 3.63. The first-order valence-corrected chi connectivity index (χ1v) is 10.1.